The summed E-state index contributed by atoms with van der Waals surface area (Å²) in [5.74, 6) is -0.843. The van der Waals surface area contributed by atoms with Crippen molar-refractivity contribution in [2.75, 3.05) is 32.7 Å². The van der Waals surface area contributed by atoms with Crippen LogP contribution in [0, 0.1) is 12.8 Å². The van der Waals surface area contributed by atoms with E-state index >= 15 is 0 Å². The van der Waals surface area contributed by atoms with Crippen molar-refractivity contribution in [2.45, 2.75) is 13.0 Å². The van der Waals surface area contributed by atoms with Crippen molar-refractivity contribution in [1.29, 1.82) is 0 Å². The molecule has 1 fully saturated rings. The number of hydrogen-bond acceptors (Lipinski definition) is 6. The molecule has 0 radical (unpaired) electrons. The van der Waals surface area contributed by atoms with Crippen molar-refractivity contribution < 1.29 is 19.1 Å². The summed E-state index contributed by atoms with van der Waals surface area (Å²) in [6.45, 7) is 2.74. The Morgan fingerprint density at radius 3 is 2.85 bits per heavy atom. The summed E-state index contributed by atoms with van der Waals surface area (Å²) in [6.07, 6.45) is 0. The number of amides is 1. The Morgan fingerprint density at radius 1 is 1.45 bits per heavy atom. The van der Waals surface area contributed by atoms with E-state index < -0.39 is 5.97 Å². The van der Waals surface area contributed by atoms with E-state index in [1.54, 1.807) is 7.05 Å². The molecule has 1 aromatic heterocycles. The normalized spacial score (nSPS) is 21.8. The first-order chi connectivity index (χ1) is 9.58. The lowest BCUT2D eigenvalue weighted by Gasteiger charge is -2.16. The Balaban J connectivity index is 2.15. The Bertz CT molecular complexity index is 514. The number of aryl methyl sites for hydroxylation is 1. The molecule has 2 atom stereocenters. The third-order valence-electron chi connectivity index (χ3n) is 3.38. The van der Waals surface area contributed by atoms with E-state index in [4.69, 9.17) is 9.47 Å². The molecule has 0 aliphatic carbocycles. The van der Waals surface area contributed by atoms with Crippen LogP contribution in [0.25, 0.3) is 0 Å². The number of likely N-dealkylation sites (N-methyl/N-ethyl adjacent to an activating group) is 1. The van der Waals surface area contributed by atoms with Gasteiger partial charge >= 0.3 is 5.97 Å². The number of rotatable bonds is 4. The summed E-state index contributed by atoms with van der Waals surface area (Å²) >= 11 is 1.26. The average Bonchev–Trinajstić information content (AvgIpc) is 3.05. The van der Waals surface area contributed by atoms with Crippen molar-refractivity contribution in [3.63, 3.8) is 0 Å². The average molecular weight is 298 g/mol. The van der Waals surface area contributed by atoms with E-state index in [1.165, 1.54) is 18.4 Å². The van der Waals surface area contributed by atoms with E-state index in [2.05, 4.69) is 10.6 Å². The van der Waals surface area contributed by atoms with E-state index in [0.717, 1.165) is 5.56 Å². The maximum absolute atomic E-state index is 12.3. The fourth-order valence-corrected chi connectivity index (χ4v) is 3.08. The molecule has 0 aromatic carbocycles. The lowest BCUT2D eigenvalue weighted by atomic mass is 10.0. The SMILES string of the molecule is CNC1COCC1C(=O)Nc1c(C)csc1C(=O)OC. The first-order valence-electron chi connectivity index (χ1n) is 6.30. The maximum atomic E-state index is 12.3. The molecule has 1 aromatic rings. The Hall–Kier alpha value is -1.44. The van der Waals surface area contributed by atoms with Crippen molar-refractivity contribution in [3.8, 4) is 0 Å². The lowest BCUT2D eigenvalue weighted by Crippen LogP contribution is -2.39. The highest BCUT2D eigenvalue weighted by atomic mass is 32.1. The minimum atomic E-state index is -0.439. The van der Waals surface area contributed by atoms with Crippen LogP contribution in [-0.2, 0) is 14.3 Å². The van der Waals surface area contributed by atoms with Crippen molar-refractivity contribution in [3.05, 3.63) is 15.8 Å². The molecule has 2 N–H and O–H groups in total. The van der Waals surface area contributed by atoms with E-state index in [-0.39, 0.29) is 17.9 Å². The van der Waals surface area contributed by atoms with Crippen LogP contribution in [0.15, 0.2) is 5.38 Å². The molecule has 20 heavy (non-hydrogen) atoms. The van der Waals surface area contributed by atoms with E-state index in [1.807, 2.05) is 12.3 Å². The zero-order valence-corrected chi connectivity index (χ0v) is 12.5. The predicted molar refractivity (Wildman–Crippen MR) is 76.2 cm³/mol. The Morgan fingerprint density at radius 2 is 2.20 bits per heavy atom. The monoisotopic (exact) mass is 298 g/mol. The highest BCUT2D eigenvalue weighted by molar-refractivity contribution is 7.12. The zero-order valence-electron chi connectivity index (χ0n) is 11.7. The molecule has 6 nitrogen and oxygen atoms in total. The molecular weight excluding hydrogens is 280 g/mol. The molecule has 1 aliphatic heterocycles. The van der Waals surface area contributed by atoms with Gasteiger partial charge in [-0.3, -0.25) is 4.79 Å². The molecule has 0 saturated carbocycles. The molecular formula is C13H18N2O4S. The number of nitrogens with one attached hydrogen (secondary N) is 2. The summed E-state index contributed by atoms with van der Waals surface area (Å²) in [5, 5.41) is 7.72. The molecule has 2 rings (SSSR count). The Labute approximate surface area is 121 Å². The van der Waals surface area contributed by atoms with Crippen molar-refractivity contribution in [2.24, 2.45) is 5.92 Å². The largest absolute Gasteiger partial charge is 0.465 e. The predicted octanol–water partition coefficient (Wildman–Crippen LogP) is 1.02. The number of hydrogen-bond donors (Lipinski definition) is 2. The minimum Gasteiger partial charge on any atom is -0.465 e. The third kappa shape index (κ3) is 2.84. The van der Waals surface area contributed by atoms with Crippen LogP contribution in [0.3, 0.4) is 0 Å². The molecule has 1 aliphatic rings. The molecule has 0 bridgehead atoms. The van der Waals surface area contributed by atoms with Gasteiger partial charge in [-0.05, 0) is 24.9 Å². The van der Waals surface area contributed by atoms with Crippen molar-refractivity contribution >= 4 is 28.9 Å². The van der Waals surface area contributed by atoms with Gasteiger partial charge in [0.25, 0.3) is 0 Å². The number of esters is 1. The number of methoxy groups -OCH3 is 1. The van der Waals surface area contributed by atoms with Gasteiger partial charge in [0.1, 0.15) is 4.88 Å². The zero-order chi connectivity index (χ0) is 14.7. The van der Waals surface area contributed by atoms with Gasteiger partial charge in [-0.25, -0.2) is 4.79 Å². The van der Waals surface area contributed by atoms with Gasteiger partial charge in [0.2, 0.25) is 5.91 Å². The number of thiophene rings is 1. The van der Waals surface area contributed by atoms with Gasteiger partial charge in [0.05, 0.1) is 31.9 Å². The number of anilines is 1. The van der Waals surface area contributed by atoms with Gasteiger partial charge in [-0.2, -0.15) is 0 Å². The second kappa shape index (κ2) is 6.34. The number of carbonyl (C=O) groups excluding carboxylic acids is 2. The second-order valence-electron chi connectivity index (χ2n) is 4.64. The van der Waals surface area contributed by atoms with Crippen LogP contribution < -0.4 is 10.6 Å². The molecule has 1 saturated heterocycles. The van der Waals surface area contributed by atoms with Gasteiger partial charge in [-0.15, -0.1) is 11.3 Å². The summed E-state index contributed by atoms with van der Waals surface area (Å²) in [4.78, 5) is 24.4. The van der Waals surface area contributed by atoms with Gasteiger partial charge in [-0.1, -0.05) is 0 Å². The molecule has 110 valence electrons. The molecule has 0 spiro atoms. The highest BCUT2D eigenvalue weighted by Crippen LogP contribution is 2.29. The van der Waals surface area contributed by atoms with E-state index in [9.17, 15) is 9.59 Å². The molecule has 7 heteroatoms. The fourth-order valence-electron chi connectivity index (χ4n) is 2.16. The summed E-state index contributed by atoms with van der Waals surface area (Å²) in [7, 11) is 3.13. The standard InChI is InChI=1S/C13H18N2O4S/c1-7-6-20-11(13(17)18-3)10(7)15-12(16)8-4-19-5-9(8)14-2/h6,8-9,14H,4-5H2,1-3H3,(H,15,16). The van der Waals surface area contributed by atoms with Crippen LogP contribution in [0.5, 0.6) is 0 Å². The fraction of sp³-hybridized carbons (Fsp3) is 0.538. The minimum absolute atomic E-state index is 0.00415. The smallest absolute Gasteiger partial charge is 0.350 e. The Kier molecular flexibility index (Phi) is 4.74. The van der Waals surface area contributed by atoms with Gasteiger partial charge in [0.15, 0.2) is 0 Å². The first-order valence-corrected chi connectivity index (χ1v) is 7.18. The topological polar surface area (TPSA) is 76.7 Å². The molecule has 2 unspecified atom stereocenters. The van der Waals surface area contributed by atoms with Crippen LogP contribution in [0.2, 0.25) is 0 Å². The molecule has 1 amide bonds. The number of ether oxygens (including phenoxy) is 2. The lowest BCUT2D eigenvalue weighted by molar-refractivity contribution is -0.120. The summed E-state index contributed by atoms with van der Waals surface area (Å²) in [6, 6.07) is -0.00415. The van der Waals surface area contributed by atoms with E-state index in [0.29, 0.717) is 23.8 Å². The highest BCUT2D eigenvalue weighted by Gasteiger charge is 2.34. The van der Waals surface area contributed by atoms with Crippen LogP contribution in [0.4, 0.5) is 5.69 Å². The first kappa shape index (κ1) is 15.0. The van der Waals surface area contributed by atoms with Gasteiger partial charge < -0.3 is 20.1 Å². The summed E-state index contributed by atoms with van der Waals surface area (Å²) < 4.78 is 10.0. The van der Waals surface area contributed by atoms with Crippen molar-refractivity contribution in [1.82, 2.24) is 5.32 Å². The molecule has 2 heterocycles. The number of carbonyl (C=O) groups is 2. The van der Waals surface area contributed by atoms with Crippen LogP contribution >= 0.6 is 11.3 Å². The quantitative estimate of drug-likeness (QED) is 0.812. The van der Waals surface area contributed by atoms with Gasteiger partial charge in [0, 0.05) is 6.04 Å². The van der Waals surface area contributed by atoms with Crippen LogP contribution in [-0.4, -0.2) is 45.3 Å². The second-order valence-corrected chi connectivity index (χ2v) is 5.52. The maximum Gasteiger partial charge on any atom is 0.350 e. The summed E-state index contributed by atoms with van der Waals surface area (Å²) in [5.41, 5.74) is 1.39. The third-order valence-corrected chi connectivity index (χ3v) is 4.46. The van der Waals surface area contributed by atoms with Crippen LogP contribution in [0.1, 0.15) is 15.2 Å².